The molecule has 1 heterocycles. The third kappa shape index (κ3) is 4.70. The fraction of sp³-hybridized carbons (Fsp3) is 0.667. The smallest absolute Gasteiger partial charge is 0.324 e. The van der Waals surface area contributed by atoms with Crippen LogP contribution in [0.25, 0.3) is 6.08 Å². The second kappa shape index (κ2) is 10.5. The van der Waals surface area contributed by atoms with Gasteiger partial charge in [0.25, 0.3) is 0 Å². The molecule has 4 atom stereocenters. The molecular weight excluding hydrogens is 536 g/mol. The van der Waals surface area contributed by atoms with E-state index < -0.39 is 29.2 Å². The third-order valence-corrected chi connectivity index (χ3v) is 9.87. The number of halogens is 1. The molecule has 37 heavy (non-hydrogen) atoms. The molecule has 1 unspecified atom stereocenters. The minimum Gasteiger partial charge on any atom is -0.465 e. The molecule has 2 saturated carbocycles. The quantitative estimate of drug-likeness (QED) is 0.242. The maximum absolute atomic E-state index is 13.6. The first-order valence-corrected chi connectivity index (χ1v) is 14.3. The van der Waals surface area contributed by atoms with Crippen LogP contribution in [-0.2, 0) is 28.5 Å². The van der Waals surface area contributed by atoms with Crippen LogP contribution in [0.15, 0.2) is 34.8 Å². The summed E-state index contributed by atoms with van der Waals surface area (Å²) in [6.07, 6.45) is 4.48. The number of carbonyl (C=O) groups is 2. The van der Waals surface area contributed by atoms with Crippen molar-refractivity contribution in [2.75, 3.05) is 13.2 Å². The molecule has 1 aromatic rings. The van der Waals surface area contributed by atoms with Gasteiger partial charge in [-0.3, -0.25) is 9.59 Å². The van der Waals surface area contributed by atoms with Crippen LogP contribution >= 0.6 is 15.9 Å². The minimum absolute atomic E-state index is 0.0143. The maximum atomic E-state index is 13.6. The summed E-state index contributed by atoms with van der Waals surface area (Å²) in [6.45, 7) is 12.7. The molecule has 1 spiro atoms. The third-order valence-electron chi connectivity index (χ3n) is 9.36. The summed E-state index contributed by atoms with van der Waals surface area (Å²) in [4.78, 5) is 27.2. The van der Waals surface area contributed by atoms with Crippen molar-refractivity contribution in [3.05, 3.63) is 40.4 Å². The van der Waals surface area contributed by atoms with Crippen molar-refractivity contribution in [3.63, 3.8) is 0 Å². The lowest BCUT2D eigenvalue weighted by Gasteiger charge is -2.58. The molecule has 204 valence electrons. The Morgan fingerprint density at radius 2 is 1.70 bits per heavy atom. The van der Waals surface area contributed by atoms with Gasteiger partial charge in [0.1, 0.15) is 0 Å². The largest absolute Gasteiger partial charge is 0.465 e. The molecular formula is C30H41BrO6. The summed E-state index contributed by atoms with van der Waals surface area (Å²) in [6, 6.07) is 9.74. The molecule has 0 radical (unpaired) electrons. The van der Waals surface area contributed by atoms with E-state index in [1.54, 1.807) is 13.8 Å². The van der Waals surface area contributed by atoms with Crippen molar-refractivity contribution in [3.8, 4) is 0 Å². The number of esters is 2. The number of rotatable bonds is 9. The van der Waals surface area contributed by atoms with E-state index >= 15 is 0 Å². The zero-order valence-electron chi connectivity index (χ0n) is 23.0. The van der Waals surface area contributed by atoms with E-state index in [0.717, 1.165) is 18.4 Å². The standard InChI is InChI=1S/C30H41BrO6/c1-7-34-25(32)29(26(33)35-8-2,18-22(31)16-20-12-10-9-11-13-20)19-24-36-23-17-21-14-15-30(23,27(21,3)4)28(5,6)37-24/h9-13,16,21,23-24H,7-8,14-15,17-19H2,1-6H3/b22-16+/t21-,23?,24-,30-/m0/s1. The maximum Gasteiger partial charge on any atom is 0.324 e. The van der Waals surface area contributed by atoms with E-state index in [1.165, 1.54) is 6.42 Å². The summed E-state index contributed by atoms with van der Waals surface area (Å²) in [5.41, 5.74) is -1.16. The first-order valence-electron chi connectivity index (χ1n) is 13.5. The van der Waals surface area contributed by atoms with E-state index in [9.17, 15) is 9.59 Å². The molecule has 3 fully saturated rings. The predicted octanol–water partition coefficient (Wildman–Crippen LogP) is 6.66. The summed E-state index contributed by atoms with van der Waals surface area (Å²) in [7, 11) is 0. The highest BCUT2D eigenvalue weighted by Crippen LogP contribution is 2.72. The highest BCUT2D eigenvalue weighted by atomic mass is 79.9. The minimum atomic E-state index is -1.62. The average molecular weight is 578 g/mol. The monoisotopic (exact) mass is 576 g/mol. The van der Waals surface area contributed by atoms with E-state index in [0.29, 0.717) is 10.4 Å². The van der Waals surface area contributed by atoms with Crippen LogP contribution in [-0.4, -0.2) is 43.1 Å². The Morgan fingerprint density at radius 1 is 1.08 bits per heavy atom. The Bertz CT molecular complexity index is 1010. The van der Waals surface area contributed by atoms with Crippen LogP contribution in [0.4, 0.5) is 0 Å². The van der Waals surface area contributed by atoms with Crippen LogP contribution in [0, 0.1) is 22.2 Å². The molecule has 1 aromatic carbocycles. The second-order valence-electron chi connectivity index (χ2n) is 11.8. The Balaban J connectivity index is 1.68. The van der Waals surface area contributed by atoms with Crippen LogP contribution in [0.1, 0.15) is 79.2 Å². The molecule has 0 aromatic heterocycles. The molecule has 3 aliphatic rings. The number of hydrogen-bond acceptors (Lipinski definition) is 6. The van der Waals surface area contributed by atoms with Crippen LogP contribution in [0.3, 0.4) is 0 Å². The summed E-state index contributed by atoms with van der Waals surface area (Å²) in [5.74, 6) is -0.669. The number of fused-ring (bicyclic) bond motifs is 1. The SMILES string of the molecule is CCOC(=O)C(C/C(Br)=C\c1ccccc1)(C[C@H]1OC2C[C@@H]3CC[C@@]2(C(C)(C)O1)C3(C)C)C(=O)OCC. The van der Waals surface area contributed by atoms with Gasteiger partial charge in [-0.1, -0.05) is 60.1 Å². The van der Waals surface area contributed by atoms with Crippen LogP contribution in [0.2, 0.25) is 0 Å². The van der Waals surface area contributed by atoms with Crippen molar-refractivity contribution in [2.45, 2.75) is 91.6 Å². The number of ether oxygens (including phenoxy) is 4. The van der Waals surface area contributed by atoms with Gasteiger partial charge in [0.15, 0.2) is 11.7 Å². The molecule has 0 amide bonds. The molecule has 1 aliphatic heterocycles. The molecule has 7 heteroatoms. The highest BCUT2D eigenvalue weighted by Gasteiger charge is 2.73. The van der Waals surface area contributed by atoms with E-state index in [-0.39, 0.29) is 43.0 Å². The summed E-state index contributed by atoms with van der Waals surface area (Å²) in [5, 5.41) is 0. The zero-order chi connectivity index (χ0) is 27.1. The van der Waals surface area contributed by atoms with Crippen molar-refractivity contribution in [2.24, 2.45) is 22.2 Å². The van der Waals surface area contributed by atoms with Gasteiger partial charge >= 0.3 is 11.9 Å². The molecule has 2 aliphatic carbocycles. The Morgan fingerprint density at radius 3 is 2.27 bits per heavy atom. The van der Waals surface area contributed by atoms with Gasteiger partial charge in [0.05, 0.1) is 24.9 Å². The van der Waals surface area contributed by atoms with Crippen molar-refractivity contribution in [1.82, 2.24) is 0 Å². The van der Waals surface area contributed by atoms with Gasteiger partial charge < -0.3 is 18.9 Å². The lowest BCUT2D eigenvalue weighted by molar-refractivity contribution is -0.346. The molecule has 4 rings (SSSR count). The van der Waals surface area contributed by atoms with Crippen molar-refractivity contribution >= 4 is 33.9 Å². The number of benzene rings is 1. The lowest BCUT2D eigenvalue weighted by atomic mass is 9.59. The van der Waals surface area contributed by atoms with Crippen LogP contribution in [0.5, 0.6) is 0 Å². The van der Waals surface area contributed by atoms with Crippen LogP contribution < -0.4 is 0 Å². The zero-order valence-corrected chi connectivity index (χ0v) is 24.6. The molecule has 0 N–H and O–H groups in total. The van der Waals surface area contributed by atoms with Crippen molar-refractivity contribution < 1.29 is 28.5 Å². The van der Waals surface area contributed by atoms with Gasteiger partial charge in [-0.2, -0.15) is 0 Å². The average Bonchev–Trinajstić information content (AvgIpc) is 3.21. The molecule has 6 nitrogen and oxygen atoms in total. The Labute approximate surface area is 229 Å². The Kier molecular flexibility index (Phi) is 8.00. The first-order chi connectivity index (χ1) is 17.4. The number of hydrogen-bond donors (Lipinski definition) is 0. The fourth-order valence-corrected chi connectivity index (χ4v) is 8.37. The number of carbonyl (C=O) groups excluding carboxylic acids is 2. The summed E-state index contributed by atoms with van der Waals surface area (Å²) < 4.78 is 25.0. The Hall–Kier alpha value is -1.70. The van der Waals surface area contributed by atoms with Gasteiger partial charge in [0, 0.05) is 18.3 Å². The second-order valence-corrected chi connectivity index (χ2v) is 12.8. The van der Waals surface area contributed by atoms with E-state index in [4.69, 9.17) is 18.9 Å². The normalized spacial score (nSPS) is 30.0. The van der Waals surface area contributed by atoms with Gasteiger partial charge in [-0.15, -0.1) is 0 Å². The first kappa shape index (κ1) is 28.3. The lowest BCUT2D eigenvalue weighted by Crippen LogP contribution is -2.63. The molecule has 2 bridgehead atoms. The van der Waals surface area contributed by atoms with Gasteiger partial charge in [0.2, 0.25) is 0 Å². The fourth-order valence-electron chi connectivity index (χ4n) is 7.63. The van der Waals surface area contributed by atoms with E-state index in [1.807, 2.05) is 36.4 Å². The number of allylic oxidation sites excluding steroid dienone is 1. The molecule has 1 saturated heterocycles. The predicted molar refractivity (Wildman–Crippen MR) is 146 cm³/mol. The van der Waals surface area contributed by atoms with Gasteiger partial charge in [-0.05, 0) is 74.4 Å². The van der Waals surface area contributed by atoms with Gasteiger partial charge in [-0.25, -0.2) is 0 Å². The van der Waals surface area contributed by atoms with Crippen molar-refractivity contribution in [1.29, 1.82) is 0 Å². The van der Waals surface area contributed by atoms with E-state index in [2.05, 4.69) is 43.6 Å². The topological polar surface area (TPSA) is 71.1 Å². The highest BCUT2D eigenvalue weighted by molar-refractivity contribution is 9.11. The summed E-state index contributed by atoms with van der Waals surface area (Å²) >= 11 is 3.63.